The van der Waals surface area contributed by atoms with E-state index in [1.54, 1.807) is 6.33 Å². The summed E-state index contributed by atoms with van der Waals surface area (Å²) in [5, 5.41) is 7.83. The maximum absolute atomic E-state index is 4.43. The quantitative estimate of drug-likeness (QED) is 0.759. The second kappa shape index (κ2) is 7.93. The van der Waals surface area contributed by atoms with Crippen molar-refractivity contribution in [3.05, 3.63) is 47.5 Å². The van der Waals surface area contributed by atoms with E-state index in [0.29, 0.717) is 5.92 Å². The van der Waals surface area contributed by atoms with Crippen LogP contribution in [0.4, 0.5) is 0 Å². The van der Waals surface area contributed by atoms with Crippen LogP contribution in [0.15, 0.2) is 30.6 Å². The maximum atomic E-state index is 4.43. The molecule has 0 saturated heterocycles. The molecule has 0 spiro atoms. The van der Waals surface area contributed by atoms with E-state index in [9.17, 15) is 0 Å². The normalized spacial score (nSPS) is 12.5. The van der Waals surface area contributed by atoms with Crippen LogP contribution < -0.4 is 5.32 Å². The predicted molar refractivity (Wildman–Crippen MR) is 86.5 cm³/mol. The van der Waals surface area contributed by atoms with Gasteiger partial charge in [-0.1, -0.05) is 36.8 Å². The molecule has 0 aliphatic heterocycles. The predicted octanol–water partition coefficient (Wildman–Crippen LogP) is 2.93. The lowest BCUT2D eigenvalue weighted by molar-refractivity contribution is 0.536. The van der Waals surface area contributed by atoms with Crippen molar-refractivity contribution in [2.75, 3.05) is 13.1 Å². The van der Waals surface area contributed by atoms with Crippen LogP contribution >= 0.6 is 0 Å². The topological polar surface area (TPSA) is 42.7 Å². The molecule has 4 nitrogen and oxygen atoms in total. The van der Waals surface area contributed by atoms with Gasteiger partial charge in [0.1, 0.15) is 12.2 Å². The van der Waals surface area contributed by atoms with Gasteiger partial charge < -0.3 is 5.32 Å². The van der Waals surface area contributed by atoms with Crippen molar-refractivity contribution < 1.29 is 0 Å². The summed E-state index contributed by atoms with van der Waals surface area (Å²) in [6.07, 6.45) is 3.74. The third kappa shape index (κ3) is 4.39. The van der Waals surface area contributed by atoms with Crippen molar-refractivity contribution in [2.45, 2.75) is 46.1 Å². The van der Waals surface area contributed by atoms with E-state index in [-0.39, 0.29) is 0 Å². The summed E-state index contributed by atoms with van der Waals surface area (Å²) >= 11 is 0. The van der Waals surface area contributed by atoms with Crippen LogP contribution in [0.3, 0.4) is 0 Å². The number of nitrogens with zero attached hydrogens (tertiary/aromatic N) is 3. The fraction of sp³-hybridized carbons (Fsp3) is 0.529. The Morgan fingerprint density at radius 1 is 1.29 bits per heavy atom. The monoisotopic (exact) mass is 286 g/mol. The average molecular weight is 286 g/mol. The van der Waals surface area contributed by atoms with Crippen LogP contribution in [0.1, 0.15) is 43.1 Å². The van der Waals surface area contributed by atoms with E-state index in [2.05, 4.69) is 60.4 Å². The largest absolute Gasteiger partial charge is 0.316 e. The van der Waals surface area contributed by atoms with Crippen molar-refractivity contribution in [3.8, 4) is 0 Å². The standard InChI is InChI=1S/C17H26N4/c1-4-9-18-12-16(15-8-6-7-14(3)10-15)11-17-19-13-20-21(17)5-2/h6-8,10,13,16,18H,4-5,9,11-12H2,1-3H3. The van der Waals surface area contributed by atoms with E-state index < -0.39 is 0 Å². The van der Waals surface area contributed by atoms with Gasteiger partial charge in [0.25, 0.3) is 0 Å². The molecule has 2 rings (SSSR count). The molecule has 114 valence electrons. The van der Waals surface area contributed by atoms with Crippen LogP contribution in [0.2, 0.25) is 0 Å². The molecule has 0 radical (unpaired) electrons. The Morgan fingerprint density at radius 3 is 2.86 bits per heavy atom. The minimum absolute atomic E-state index is 0.436. The van der Waals surface area contributed by atoms with E-state index >= 15 is 0 Å². The number of hydrogen-bond acceptors (Lipinski definition) is 3. The Bertz CT molecular complexity index is 547. The van der Waals surface area contributed by atoms with Crippen LogP contribution in [-0.2, 0) is 13.0 Å². The molecule has 1 heterocycles. The number of hydrogen-bond donors (Lipinski definition) is 1. The van der Waals surface area contributed by atoms with E-state index in [4.69, 9.17) is 0 Å². The highest BCUT2D eigenvalue weighted by Gasteiger charge is 2.15. The summed E-state index contributed by atoms with van der Waals surface area (Å²) in [7, 11) is 0. The zero-order valence-electron chi connectivity index (χ0n) is 13.3. The van der Waals surface area contributed by atoms with Gasteiger partial charge in [0.2, 0.25) is 0 Å². The molecule has 1 aromatic carbocycles. The number of aryl methyl sites for hydroxylation is 2. The zero-order chi connectivity index (χ0) is 15.1. The van der Waals surface area contributed by atoms with Crippen molar-refractivity contribution >= 4 is 0 Å². The zero-order valence-corrected chi connectivity index (χ0v) is 13.3. The lowest BCUT2D eigenvalue weighted by Crippen LogP contribution is -2.24. The second-order valence-corrected chi connectivity index (χ2v) is 5.51. The first-order chi connectivity index (χ1) is 10.2. The molecule has 0 saturated carbocycles. The van der Waals surface area contributed by atoms with E-state index in [1.165, 1.54) is 11.1 Å². The first-order valence-corrected chi connectivity index (χ1v) is 7.88. The van der Waals surface area contributed by atoms with Crippen LogP contribution in [0.5, 0.6) is 0 Å². The SMILES string of the molecule is CCCNCC(Cc1ncnn1CC)c1cccc(C)c1. The third-order valence-electron chi connectivity index (χ3n) is 3.76. The summed E-state index contributed by atoms with van der Waals surface area (Å²) in [5.74, 6) is 1.51. The van der Waals surface area contributed by atoms with Crippen molar-refractivity contribution in [2.24, 2.45) is 0 Å². The van der Waals surface area contributed by atoms with Gasteiger partial charge in [-0.05, 0) is 32.4 Å². The molecule has 1 aromatic heterocycles. The highest BCUT2D eigenvalue weighted by Crippen LogP contribution is 2.20. The lowest BCUT2D eigenvalue weighted by Gasteiger charge is -2.18. The van der Waals surface area contributed by atoms with E-state index in [1.807, 2.05) is 4.68 Å². The summed E-state index contributed by atoms with van der Waals surface area (Å²) in [6, 6.07) is 8.79. The summed E-state index contributed by atoms with van der Waals surface area (Å²) < 4.78 is 1.99. The Balaban J connectivity index is 2.15. The number of benzene rings is 1. The Kier molecular flexibility index (Phi) is 5.93. The first-order valence-electron chi connectivity index (χ1n) is 7.88. The average Bonchev–Trinajstić information content (AvgIpc) is 2.93. The molecule has 4 heteroatoms. The summed E-state index contributed by atoms with van der Waals surface area (Å²) in [4.78, 5) is 4.43. The number of rotatable bonds is 8. The lowest BCUT2D eigenvalue weighted by atomic mass is 9.94. The van der Waals surface area contributed by atoms with Crippen molar-refractivity contribution in [1.82, 2.24) is 20.1 Å². The van der Waals surface area contributed by atoms with Gasteiger partial charge in [-0.25, -0.2) is 4.98 Å². The Hall–Kier alpha value is -1.68. The fourth-order valence-electron chi connectivity index (χ4n) is 2.62. The van der Waals surface area contributed by atoms with Crippen molar-refractivity contribution in [3.63, 3.8) is 0 Å². The molecule has 0 amide bonds. The van der Waals surface area contributed by atoms with Gasteiger partial charge in [0.05, 0.1) is 0 Å². The summed E-state index contributed by atoms with van der Waals surface area (Å²) in [5.41, 5.74) is 2.69. The molecule has 1 atom stereocenters. The van der Waals surface area contributed by atoms with Gasteiger partial charge in [-0.3, -0.25) is 4.68 Å². The number of nitrogens with one attached hydrogen (secondary N) is 1. The Morgan fingerprint density at radius 2 is 2.14 bits per heavy atom. The fourth-order valence-corrected chi connectivity index (χ4v) is 2.62. The van der Waals surface area contributed by atoms with Crippen LogP contribution in [-0.4, -0.2) is 27.9 Å². The van der Waals surface area contributed by atoms with Gasteiger partial charge in [0, 0.05) is 25.4 Å². The molecule has 0 aliphatic carbocycles. The first kappa shape index (κ1) is 15.7. The summed E-state index contributed by atoms with van der Waals surface area (Å²) in [6.45, 7) is 9.36. The van der Waals surface area contributed by atoms with Gasteiger partial charge in [-0.2, -0.15) is 5.10 Å². The van der Waals surface area contributed by atoms with Crippen LogP contribution in [0.25, 0.3) is 0 Å². The minimum Gasteiger partial charge on any atom is -0.316 e. The Labute approximate surface area is 127 Å². The highest BCUT2D eigenvalue weighted by molar-refractivity contribution is 5.26. The van der Waals surface area contributed by atoms with Crippen LogP contribution in [0, 0.1) is 6.92 Å². The molecule has 1 unspecified atom stereocenters. The molecular weight excluding hydrogens is 260 g/mol. The molecule has 1 N–H and O–H groups in total. The smallest absolute Gasteiger partial charge is 0.138 e. The second-order valence-electron chi connectivity index (χ2n) is 5.51. The molecule has 0 aliphatic rings. The number of aromatic nitrogens is 3. The third-order valence-corrected chi connectivity index (χ3v) is 3.76. The van der Waals surface area contributed by atoms with Gasteiger partial charge >= 0.3 is 0 Å². The molecule has 0 bridgehead atoms. The molecule has 0 fully saturated rings. The molecule has 21 heavy (non-hydrogen) atoms. The maximum Gasteiger partial charge on any atom is 0.138 e. The van der Waals surface area contributed by atoms with Gasteiger partial charge in [-0.15, -0.1) is 0 Å². The molecular formula is C17H26N4. The van der Waals surface area contributed by atoms with Gasteiger partial charge in [0.15, 0.2) is 0 Å². The molecule has 2 aromatic rings. The van der Waals surface area contributed by atoms with E-state index in [0.717, 1.165) is 38.3 Å². The van der Waals surface area contributed by atoms with Crippen molar-refractivity contribution in [1.29, 1.82) is 0 Å². The minimum atomic E-state index is 0.436. The highest BCUT2D eigenvalue weighted by atomic mass is 15.3.